The van der Waals surface area contributed by atoms with E-state index in [1.807, 2.05) is 0 Å². The van der Waals surface area contributed by atoms with Crippen LogP contribution in [0.15, 0.2) is 99.6 Å². The highest BCUT2D eigenvalue weighted by molar-refractivity contribution is 7.97. The van der Waals surface area contributed by atoms with Gasteiger partial charge in [0.25, 0.3) is 0 Å². The Bertz CT molecular complexity index is 947. The average Bonchev–Trinajstić information content (AvgIpc) is 2.82. The number of ether oxygens (including phenoxy) is 1. The number of benzene rings is 3. The molecule has 3 aromatic rings. The molecule has 0 amide bonds. The molecule has 0 aliphatic heterocycles. The first-order valence-corrected chi connectivity index (χ1v) is 12.0. The number of carbonyl (C=O) groups excluding carboxylic acids is 1. The van der Waals surface area contributed by atoms with Gasteiger partial charge < -0.3 is 14.6 Å². The summed E-state index contributed by atoms with van der Waals surface area (Å²) in [7, 11) is -0.0852. The van der Waals surface area contributed by atoms with E-state index in [1.54, 1.807) is 0 Å². The number of hydrogen-bond donors (Lipinski definition) is 0. The maximum absolute atomic E-state index is 10.5. The molecule has 3 aromatic carbocycles. The zero-order chi connectivity index (χ0) is 23.7. The van der Waals surface area contributed by atoms with Crippen LogP contribution >= 0.6 is 0 Å². The second-order valence-electron chi connectivity index (χ2n) is 7.57. The van der Waals surface area contributed by atoms with Crippen LogP contribution < -0.4 is 9.84 Å². The first-order chi connectivity index (χ1) is 15.8. The normalized spacial score (nSPS) is 14.3. The molecule has 1 fully saturated rings. The summed E-state index contributed by atoms with van der Waals surface area (Å²) >= 11 is 0. The van der Waals surface area contributed by atoms with E-state index in [1.165, 1.54) is 46.8 Å². The number of aliphatic carboxylic acids is 1. The molecule has 0 radical (unpaired) electrons. The maximum atomic E-state index is 10.5. The van der Waals surface area contributed by atoms with E-state index in [0.29, 0.717) is 6.10 Å². The van der Waals surface area contributed by atoms with Crippen LogP contribution in [0.3, 0.4) is 0 Å². The summed E-state index contributed by atoms with van der Waals surface area (Å²) in [6.45, 7) is 0. The van der Waals surface area contributed by atoms with Crippen LogP contribution in [0.5, 0.6) is 5.75 Å². The Morgan fingerprint density at radius 2 is 1.18 bits per heavy atom. The minimum Gasteiger partial charge on any atom is -0.542 e. The van der Waals surface area contributed by atoms with Gasteiger partial charge in [0.1, 0.15) is 11.7 Å². The van der Waals surface area contributed by atoms with Gasteiger partial charge in [-0.05, 0) is 74.2 Å². The summed E-state index contributed by atoms with van der Waals surface area (Å²) in [5, 5.41) is 8.78. The number of carboxylic acid groups (broad SMARTS) is 1. The van der Waals surface area contributed by atoms with E-state index in [2.05, 4.69) is 84.9 Å². The van der Waals surface area contributed by atoms with Crippen molar-refractivity contribution in [1.82, 2.24) is 0 Å². The van der Waals surface area contributed by atoms with Crippen LogP contribution in [0.2, 0.25) is 0 Å². The Labute approximate surface area is 194 Å². The second-order valence-corrected chi connectivity index (χ2v) is 9.59. The fraction of sp³-hybridized carbons (Fsp3) is 0.269. The number of halogens is 3. The van der Waals surface area contributed by atoms with Gasteiger partial charge in [-0.1, -0.05) is 42.8 Å². The van der Waals surface area contributed by atoms with Gasteiger partial charge in [0.2, 0.25) is 0 Å². The van der Waals surface area contributed by atoms with Crippen molar-refractivity contribution in [2.24, 2.45) is 0 Å². The van der Waals surface area contributed by atoms with Gasteiger partial charge in [-0.25, -0.2) is 0 Å². The lowest BCUT2D eigenvalue weighted by Gasteiger charge is -2.23. The number of carboxylic acids is 1. The summed E-state index contributed by atoms with van der Waals surface area (Å²) in [6, 6.07) is 30.3. The lowest BCUT2D eigenvalue weighted by molar-refractivity contribution is -0.344. The van der Waals surface area contributed by atoms with E-state index in [9.17, 15) is 13.2 Å². The molecule has 0 unspecified atom stereocenters. The Morgan fingerprint density at radius 1 is 0.758 bits per heavy atom. The molecule has 0 atom stereocenters. The number of alkyl halides is 3. The van der Waals surface area contributed by atoms with Crippen LogP contribution in [0, 0.1) is 0 Å². The van der Waals surface area contributed by atoms with E-state index in [-0.39, 0.29) is 10.9 Å². The lowest BCUT2D eigenvalue weighted by atomic mass is 9.98. The molecule has 0 N–H and O–H groups in total. The molecular formula is C26H25F3O3S. The van der Waals surface area contributed by atoms with Crippen molar-refractivity contribution < 1.29 is 27.8 Å². The average molecular weight is 475 g/mol. The molecule has 0 heterocycles. The van der Waals surface area contributed by atoms with Crippen molar-refractivity contribution in [3.63, 3.8) is 0 Å². The second kappa shape index (κ2) is 11.8. The zero-order valence-corrected chi connectivity index (χ0v) is 18.8. The van der Waals surface area contributed by atoms with E-state index >= 15 is 0 Å². The quantitative estimate of drug-likeness (QED) is 0.440. The van der Waals surface area contributed by atoms with Crippen LogP contribution in [-0.2, 0) is 15.7 Å². The first-order valence-electron chi connectivity index (χ1n) is 10.7. The first kappa shape index (κ1) is 24.7. The molecule has 33 heavy (non-hydrogen) atoms. The molecule has 1 aliphatic carbocycles. The Balaban J connectivity index is 0.000000383. The smallest absolute Gasteiger partial charge is 0.430 e. The van der Waals surface area contributed by atoms with Gasteiger partial charge in [-0.3, -0.25) is 0 Å². The van der Waals surface area contributed by atoms with Gasteiger partial charge in [0.15, 0.2) is 14.7 Å². The number of rotatable bonds is 5. The van der Waals surface area contributed by atoms with E-state index in [0.717, 1.165) is 5.75 Å². The molecule has 0 aromatic heterocycles. The molecule has 3 nitrogen and oxygen atoms in total. The van der Waals surface area contributed by atoms with Crippen molar-refractivity contribution in [3.8, 4) is 5.75 Å². The van der Waals surface area contributed by atoms with Gasteiger partial charge in [-0.15, -0.1) is 0 Å². The van der Waals surface area contributed by atoms with E-state index in [4.69, 9.17) is 14.6 Å². The Kier molecular flexibility index (Phi) is 8.83. The summed E-state index contributed by atoms with van der Waals surface area (Å²) in [5.41, 5.74) is 0. The summed E-state index contributed by atoms with van der Waals surface area (Å²) in [6.07, 6.45) is 1.55. The minimum absolute atomic E-state index is 0.0852. The zero-order valence-electron chi connectivity index (χ0n) is 18.0. The maximum Gasteiger partial charge on any atom is 0.430 e. The molecule has 7 heteroatoms. The van der Waals surface area contributed by atoms with E-state index < -0.39 is 12.1 Å². The topological polar surface area (TPSA) is 49.4 Å². The Morgan fingerprint density at radius 3 is 1.61 bits per heavy atom. The fourth-order valence-corrected chi connectivity index (χ4v) is 5.63. The van der Waals surface area contributed by atoms with Gasteiger partial charge in [0.05, 0.1) is 17.0 Å². The molecule has 1 saturated carbocycles. The van der Waals surface area contributed by atoms with Gasteiger partial charge >= 0.3 is 6.18 Å². The highest BCUT2D eigenvalue weighted by Gasteiger charge is 2.29. The number of hydrogen-bond acceptors (Lipinski definition) is 3. The molecule has 1 aliphatic rings. The van der Waals surface area contributed by atoms with Gasteiger partial charge in [-0.2, -0.15) is 13.2 Å². The van der Waals surface area contributed by atoms with Crippen LogP contribution in [0.4, 0.5) is 13.2 Å². The summed E-state index contributed by atoms with van der Waals surface area (Å²) < 4.78 is 37.8. The third-order valence-corrected chi connectivity index (χ3v) is 7.33. The number of carbonyl (C=O) groups is 1. The van der Waals surface area contributed by atoms with Crippen molar-refractivity contribution >= 4 is 16.9 Å². The van der Waals surface area contributed by atoms with Crippen molar-refractivity contribution in [2.45, 2.75) is 59.1 Å². The monoisotopic (exact) mass is 474 g/mol. The molecule has 174 valence electrons. The van der Waals surface area contributed by atoms with Crippen LogP contribution in [0.1, 0.15) is 32.1 Å². The third kappa shape index (κ3) is 7.56. The molecule has 0 bridgehead atoms. The van der Waals surface area contributed by atoms with Crippen LogP contribution in [-0.4, -0.2) is 18.2 Å². The summed E-state index contributed by atoms with van der Waals surface area (Å²) in [5.74, 6) is -2.00. The Hall–Kier alpha value is -2.93. The predicted octanol–water partition coefficient (Wildman–Crippen LogP) is 5.79. The third-order valence-electron chi connectivity index (χ3n) is 5.10. The lowest BCUT2D eigenvalue weighted by Crippen LogP contribution is -2.37. The van der Waals surface area contributed by atoms with Crippen molar-refractivity contribution in [2.75, 3.05) is 0 Å². The molecule has 4 rings (SSSR count). The predicted molar refractivity (Wildman–Crippen MR) is 120 cm³/mol. The van der Waals surface area contributed by atoms with Crippen molar-refractivity contribution in [1.29, 1.82) is 0 Å². The van der Waals surface area contributed by atoms with Crippen molar-refractivity contribution in [3.05, 3.63) is 84.9 Å². The molecular weight excluding hydrogens is 449 g/mol. The van der Waals surface area contributed by atoms with Gasteiger partial charge in [0, 0.05) is 0 Å². The highest BCUT2D eigenvalue weighted by Crippen LogP contribution is 2.32. The largest absolute Gasteiger partial charge is 0.542 e. The molecule has 0 saturated heterocycles. The minimum atomic E-state index is -5.19. The highest BCUT2D eigenvalue weighted by atomic mass is 32.2. The fourth-order valence-electron chi connectivity index (χ4n) is 3.55. The van der Waals surface area contributed by atoms with Crippen LogP contribution in [0.25, 0.3) is 0 Å². The summed E-state index contributed by atoms with van der Waals surface area (Å²) in [4.78, 5) is 12.8. The standard InChI is InChI=1S/C24H25OS.C2HF3O2/c1-4-10-20(11-5-1)25-21-16-18-24(19-17-21)26(22-12-6-2-7-13-22)23-14-8-3-9-15-23;3-2(4,5)1(6)7/h2-3,6-9,12-20H,1,4-5,10-11H2;(H,6,7)/q+1;/p-1. The SMILES string of the molecule is O=C([O-])C(F)(F)F.c1ccc([S+](c2ccccc2)c2ccc(OC3CCCCC3)cc2)cc1. The molecule has 0 spiro atoms.